The highest BCUT2D eigenvalue weighted by molar-refractivity contribution is 6.31. The minimum atomic E-state index is -3.07. The second-order valence-electron chi connectivity index (χ2n) is 11.6. The second-order valence-corrected chi connectivity index (χ2v) is 12.1. The Hall–Kier alpha value is -4.30. The number of benzene rings is 1. The number of ether oxygens (including phenoxy) is 2. The zero-order chi connectivity index (χ0) is 32.1. The summed E-state index contributed by atoms with van der Waals surface area (Å²) in [5, 5.41) is 14.9. The van der Waals surface area contributed by atoms with E-state index in [-0.39, 0.29) is 28.6 Å². The first kappa shape index (κ1) is 32.1. The average Bonchev–Trinajstić information content (AvgIpc) is 3.60. The molecule has 5 rings (SSSR count). The smallest absolute Gasteiger partial charge is 0.407 e. The van der Waals surface area contributed by atoms with Gasteiger partial charge in [0.25, 0.3) is 5.91 Å². The van der Waals surface area contributed by atoms with Crippen LogP contribution >= 0.6 is 11.6 Å². The van der Waals surface area contributed by atoms with Crippen LogP contribution in [-0.2, 0) is 4.74 Å². The zero-order valence-corrected chi connectivity index (χ0v) is 25.9. The number of alkyl halides is 2. The van der Waals surface area contributed by atoms with Gasteiger partial charge in [0.15, 0.2) is 5.65 Å². The van der Waals surface area contributed by atoms with Crippen molar-refractivity contribution in [3.8, 4) is 17.0 Å². The van der Waals surface area contributed by atoms with Gasteiger partial charge in [0, 0.05) is 48.8 Å². The Kier molecular flexibility index (Phi) is 9.83. The van der Waals surface area contributed by atoms with Gasteiger partial charge in [-0.15, -0.1) is 0 Å². The lowest BCUT2D eigenvalue weighted by Crippen LogP contribution is -2.37. The molecule has 12 nitrogen and oxygen atoms in total. The van der Waals surface area contributed by atoms with Crippen molar-refractivity contribution in [2.45, 2.75) is 58.3 Å². The number of amides is 2. The molecule has 0 bridgehead atoms. The number of nitrogens with one attached hydrogen (secondary N) is 2. The minimum Gasteiger partial charge on any atom is -0.444 e. The number of alkyl carbamates (subject to hydrolysis) is 1. The van der Waals surface area contributed by atoms with Crippen LogP contribution in [0.4, 0.5) is 19.3 Å². The number of nitrogens with zero attached hydrogens (tertiary/aromatic N) is 6. The highest BCUT2D eigenvalue weighted by Crippen LogP contribution is 2.38. The Labute approximate surface area is 263 Å². The molecule has 1 aliphatic heterocycles. The SMILES string of the molecule is CC(C)(C)OC(=O)NCCCN1CCC(n2cc(NC(=O)c3cnn4cccnc34)c(-c3cc(Cl)ccc3OC(F)F)n2)CC1. The van der Waals surface area contributed by atoms with Gasteiger partial charge in [0.1, 0.15) is 22.6 Å². The van der Waals surface area contributed by atoms with Crippen LogP contribution in [0, 0.1) is 0 Å². The Balaban J connectivity index is 1.31. The largest absolute Gasteiger partial charge is 0.444 e. The maximum absolute atomic E-state index is 13.4. The van der Waals surface area contributed by atoms with Gasteiger partial charge < -0.3 is 25.0 Å². The first-order chi connectivity index (χ1) is 21.5. The van der Waals surface area contributed by atoms with E-state index in [1.165, 1.54) is 28.9 Å². The van der Waals surface area contributed by atoms with Gasteiger partial charge in [0.05, 0.1) is 17.9 Å². The molecule has 0 spiro atoms. The van der Waals surface area contributed by atoms with Gasteiger partial charge >= 0.3 is 12.7 Å². The van der Waals surface area contributed by atoms with Crippen molar-refractivity contribution in [2.24, 2.45) is 0 Å². The summed E-state index contributed by atoms with van der Waals surface area (Å²) in [5.41, 5.74) is 0.802. The summed E-state index contributed by atoms with van der Waals surface area (Å²) in [5.74, 6) is -0.611. The topological polar surface area (TPSA) is 128 Å². The van der Waals surface area contributed by atoms with E-state index in [2.05, 4.69) is 25.6 Å². The Bertz CT molecular complexity index is 1650. The molecule has 3 aromatic heterocycles. The van der Waals surface area contributed by atoms with Crippen LogP contribution in [0.25, 0.3) is 16.9 Å². The summed E-state index contributed by atoms with van der Waals surface area (Å²) in [7, 11) is 0. The molecule has 0 aliphatic carbocycles. The summed E-state index contributed by atoms with van der Waals surface area (Å²) < 4.78 is 39.9. The number of hydrogen-bond donors (Lipinski definition) is 2. The molecule has 1 saturated heterocycles. The molecule has 45 heavy (non-hydrogen) atoms. The van der Waals surface area contributed by atoms with Crippen molar-refractivity contribution in [3.63, 3.8) is 0 Å². The van der Waals surface area contributed by atoms with Gasteiger partial charge in [-0.2, -0.15) is 19.0 Å². The molecule has 1 fully saturated rings. The first-order valence-electron chi connectivity index (χ1n) is 14.6. The Morgan fingerprint density at radius 1 is 1.20 bits per heavy atom. The number of aromatic nitrogens is 5. The van der Waals surface area contributed by atoms with Crippen molar-refractivity contribution in [1.82, 2.24) is 34.6 Å². The van der Waals surface area contributed by atoms with Crippen LogP contribution < -0.4 is 15.4 Å². The van der Waals surface area contributed by atoms with E-state index in [1.54, 1.807) is 29.3 Å². The molecule has 0 unspecified atom stereocenters. The van der Waals surface area contributed by atoms with Crippen molar-refractivity contribution < 1.29 is 27.8 Å². The standard InChI is InChI=1S/C30H35ClF2N8O4/c1-30(2,3)45-29(43)35-11-4-12-39-14-8-20(9-15-39)41-18-23(37-27(42)22-17-36-40-13-5-10-34-26(22)40)25(38-41)21-16-19(31)6-7-24(21)44-28(32)33/h5-7,10,13,16-18,20,28H,4,8-9,11-12,14-15H2,1-3H3,(H,35,43)(H,37,42). The van der Waals surface area contributed by atoms with E-state index in [1.807, 2.05) is 20.8 Å². The fourth-order valence-electron chi connectivity index (χ4n) is 5.15. The quantitative estimate of drug-likeness (QED) is 0.212. The molecule has 4 heterocycles. The van der Waals surface area contributed by atoms with E-state index >= 15 is 0 Å². The van der Waals surface area contributed by atoms with E-state index < -0.39 is 24.2 Å². The summed E-state index contributed by atoms with van der Waals surface area (Å²) in [4.78, 5) is 31.8. The second kappa shape index (κ2) is 13.8. The third-order valence-electron chi connectivity index (χ3n) is 7.17. The molecule has 2 amide bonds. The number of anilines is 1. The zero-order valence-electron chi connectivity index (χ0n) is 25.2. The van der Waals surface area contributed by atoms with E-state index in [9.17, 15) is 18.4 Å². The summed E-state index contributed by atoms with van der Waals surface area (Å²) >= 11 is 6.26. The van der Waals surface area contributed by atoms with Gasteiger partial charge in [-0.1, -0.05) is 11.6 Å². The molecular formula is C30H35ClF2N8O4. The summed E-state index contributed by atoms with van der Waals surface area (Å²) in [6.07, 6.45) is 8.21. The number of likely N-dealkylation sites (tertiary alicyclic amines) is 1. The maximum atomic E-state index is 13.4. The number of piperidine rings is 1. The van der Waals surface area contributed by atoms with Crippen LogP contribution in [0.2, 0.25) is 5.02 Å². The van der Waals surface area contributed by atoms with Crippen molar-refractivity contribution in [2.75, 3.05) is 31.5 Å². The summed E-state index contributed by atoms with van der Waals surface area (Å²) in [6, 6.07) is 5.95. The molecule has 1 aliphatic rings. The number of carbonyl (C=O) groups excluding carboxylic acids is 2. The lowest BCUT2D eigenvalue weighted by atomic mass is 10.1. The van der Waals surface area contributed by atoms with Gasteiger partial charge in [-0.3, -0.25) is 9.48 Å². The molecule has 2 N–H and O–H groups in total. The van der Waals surface area contributed by atoms with Crippen LogP contribution in [0.15, 0.2) is 49.1 Å². The van der Waals surface area contributed by atoms with Crippen LogP contribution in [0.3, 0.4) is 0 Å². The fourth-order valence-corrected chi connectivity index (χ4v) is 5.32. The number of hydrogen-bond acceptors (Lipinski definition) is 8. The highest BCUT2D eigenvalue weighted by Gasteiger charge is 2.26. The number of halogens is 3. The number of fused-ring (bicyclic) bond motifs is 1. The first-order valence-corrected chi connectivity index (χ1v) is 15.0. The monoisotopic (exact) mass is 644 g/mol. The Morgan fingerprint density at radius 2 is 1.98 bits per heavy atom. The molecule has 4 aromatic rings. The predicted octanol–water partition coefficient (Wildman–Crippen LogP) is 5.65. The molecule has 0 atom stereocenters. The van der Waals surface area contributed by atoms with Gasteiger partial charge in [-0.05, 0) is 70.8 Å². The van der Waals surface area contributed by atoms with Crippen molar-refractivity contribution in [3.05, 3.63) is 59.6 Å². The Morgan fingerprint density at radius 3 is 2.71 bits per heavy atom. The molecule has 0 radical (unpaired) electrons. The maximum Gasteiger partial charge on any atom is 0.407 e. The van der Waals surface area contributed by atoms with Gasteiger partial charge in [-0.25, -0.2) is 14.3 Å². The number of rotatable bonds is 10. The molecule has 15 heteroatoms. The third-order valence-corrected chi connectivity index (χ3v) is 7.40. The third kappa shape index (κ3) is 8.25. The molecule has 1 aromatic carbocycles. The van der Waals surface area contributed by atoms with Crippen LogP contribution in [0.5, 0.6) is 5.75 Å². The normalized spacial score (nSPS) is 14.6. The average molecular weight is 645 g/mol. The summed E-state index contributed by atoms with van der Waals surface area (Å²) in [6.45, 7) is 5.28. The minimum absolute atomic E-state index is 0.0113. The fraction of sp³-hybridized carbons (Fsp3) is 0.433. The van der Waals surface area contributed by atoms with E-state index in [0.29, 0.717) is 22.9 Å². The van der Waals surface area contributed by atoms with Crippen molar-refractivity contribution >= 4 is 34.9 Å². The van der Waals surface area contributed by atoms with E-state index in [4.69, 9.17) is 26.2 Å². The lowest BCUT2D eigenvalue weighted by Gasteiger charge is -2.32. The number of carbonyl (C=O) groups is 2. The van der Waals surface area contributed by atoms with Crippen LogP contribution in [0.1, 0.15) is 56.4 Å². The highest BCUT2D eigenvalue weighted by atomic mass is 35.5. The van der Waals surface area contributed by atoms with Gasteiger partial charge in [0.2, 0.25) is 0 Å². The molecule has 0 saturated carbocycles. The van der Waals surface area contributed by atoms with E-state index in [0.717, 1.165) is 38.9 Å². The lowest BCUT2D eigenvalue weighted by molar-refractivity contribution is -0.0494. The predicted molar refractivity (Wildman–Crippen MR) is 164 cm³/mol. The van der Waals surface area contributed by atoms with Crippen molar-refractivity contribution in [1.29, 1.82) is 0 Å². The van der Waals surface area contributed by atoms with Crippen LogP contribution in [-0.4, -0.2) is 79.7 Å². The molecule has 240 valence electrons. The molecular weight excluding hydrogens is 610 g/mol.